The molecule has 1 saturated carbocycles. The summed E-state index contributed by atoms with van der Waals surface area (Å²) in [6.45, 7) is 0. The van der Waals surface area contributed by atoms with Crippen LogP contribution in [0, 0.1) is 23.1 Å². The number of carbonyl (C=O) groups excluding carboxylic acids is 1. The molecule has 1 aliphatic carbocycles. The second-order valence-corrected chi connectivity index (χ2v) is 4.50. The second kappa shape index (κ2) is 5.09. The molecule has 1 aromatic carbocycles. The van der Waals surface area contributed by atoms with E-state index in [9.17, 15) is 9.18 Å². The van der Waals surface area contributed by atoms with Crippen LogP contribution >= 0.6 is 0 Å². The maximum Gasteiger partial charge on any atom is 0.157 e. The lowest BCUT2D eigenvalue weighted by Crippen LogP contribution is -2.19. The van der Waals surface area contributed by atoms with E-state index in [2.05, 4.69) is 0 Å². The molecule has 1 aliphatic rings. The van der Waals surface area contributed by atoms with Gasteiger partial charge in [0.05, 0.1) is 6.07 Å². The molecule has 2 rings (SSSR count). The molecule has 0 heterocycles. The highest BCUT2D eigenvalue weighted by Crippen LogP contribution is 2.31. The summed E-state index contributed by atoms with van der Waals surface area (Å²) in [5.41, 5.74) is 0.603. The Hall–Kier alpha value is -1.69. The van der Waals surface area contributed by atoms with E-state index >= 15 is 0 Å². The third-order valence-corrected chi connectivity index (χ3v) is 3.37. The highest BCUT2D eigenvalue weighted by atomic mass is 19.1. The van der Waals surface area contributed by atoms with Crippen molar-refractivity contribution in [2.75, 3.05) is 0 Å². The highest BCUT2D eigenvalue weighted by Gasteiger charge is 2.30. The molecular weight excluding hydrogens is 217 g/mol. The van der Waals surface area contributed by atoms with Gasteiger partial charge in [0.2, 0.25) is 0 Å². The molecule has 0 saturated heterocycles. The number of Topliss-reactive ketones (excluding diaryl/α,β-unsaturated/α-hetero) is 1. The van der Waals surface area contributed by atoms with Crippen molar-refractivity contribution >= 4 is 5.78 Å². The molecule has 1 aromatic rings. The van der Waals surface area contributed by atoms with E-state index in [0.717, 1.165) is 25.7 Å². The number of halogens is 1. The molecule has 2 nitrogen and oxygen atoms in total. The molecule has 0 aromatic heterocycles. The van der Waals surface area contributed by atoms with Crippen molar-refractivity contribution < 1.29 is 9.18 Å². The number of ketones is 1. The molecule has 1 unspecified atom stereocenters. The molecule has 17 heavy (non-hydrogen) atoms. The molecule has 0 radical (unpaired) electrons. The predicted octanol–water partition coefficient (Wildman–Crippen LogP) is 3.19. The summed E-state index contributed by atoms with van der Waals surface area (Å²) < 4.78 is 12.8. The Morgan fingerprint density at radius 1 is 1.29 bits per heavy atom. The summed E-state index contributed by atoms with van der Waals surface area (Å²) in [5.74, 6) is -1.07. The van der Waals surface area contributed by atoms with Crippen LogP contribution in [-0.4, -0.2) is 5.78 Å². The summed E-state index contributed by atoms with van der Waals surface area (Å²) in [5, 5.41) is 9.11. The Morgan fingerprint density at radius 2 is 1.88 bits per heavy atom. The van der Waals surface area contributed by atoms with Gasteiger partial charge in [-0.25, -0.2) is 4.39 Å². The van der Waals surface area contributed by atoms with Gasteiger partial charge in [-0.05, 0) is 30.5 Å². The molecule has 1 fully saturated rings. The first-order chi connectivity index (χ1) is 8.22. The fourth-order valence-corrected chi connectivity index (χ4v) is 2.40. The highest BCUT2D eigenvalue weighted by molar-refractivity contribution is 5.90. The van der Waals surface area contributed by atoms with E-state index in [-0.39, 0.29) is 17.5 Å². The average Bonchev–Trinajstić information content (AvgIpc) is 2.86. The zero-order valence-electron chi connectivity index (χ0n) is 9.53. The fourth-order valence-electron chi connectivity index (χ4n) is 2.40. The van der Waals surface area contributed by atoms with E-state index in [0.29, 0.717) is 5.56 Å². The summed E-state index contributed by atoms with van der Waals surface area (Å²) in [7, 11) is 0. The van der Waals surface area contributed by atoms with Gasteiger partial charge in [0.15, 0.2) is 5.78 Å². The van der Waals surface area contributed by atoms with Crippen LogP contribution in [0.1, 0.15) is 37.2 Å². The largest absolute Gasteiger partial charge is 0.298 e. The fraction of sp³-hybridized carbons (Fsp3) is 0.429. The van der Waals surface area contributed by atoms with Crippen molar-refractivity contribution in [1.29, 1.82) is 5.26 Å². The normalized spacial score (nSPS) is 17.6. The summed E-state index contributed by atoms with van der Waals surface area (Å²) in [6, 6.07) is 7.68. The average molecular weight is 231 g/mol. The lowest BCUT2D eigenvalue weighted by molar-refractivity contribution is -0.123. The summed E-state index contributed by atoms with van der Waals surface area (Å²) in [4.78, 5) is 12.1. The summed E-state index contributed by atoms with van der Waals surface area (Å²) in [6.07, 6.45) is 3.91. The second-order valence-electron chi connectivity index (χ2n) is 4.50. The molecule has 0 spiro atoms. The number of hydrogen-bond acceptors (Lipinski definition) is 2. The van der Waals surface area contributed by atoms with Crippen LogP contribution in [0.5, 0.6) is 0 Å². The number of benzene rings is 1. The standard InChI is InChI=1S/C14H14FNO/c15-12-7-5-10(6-8-12)13(9-16)14(17)11-3-1-2-4-11/h5-8,11,13H,1-4H2. The first-order valence-electron chi connectivity index (χ1n) is 5.91. The molecule has 0 aliphatic heterocycles. The maximum atomic E-state index is 12.8. The molecule has 3 heteroatoms. The predicted molar refractivity (Wildman–Crippen MR) is 61.7 cm³/mol. The molecule has 0 N–H and O–H groups in total. The van der Waals surface area contributed by atoms with Crippen LogP contribution in [0.4, 0.5) is 4.39 Å². The molecule has 88 valence electrons. The molecular formula is C14H14FNO. The smallest absolute Gasteiger partial charge is 0.157 e. The van der Waals surface area contributed by atoms with Crippen LogP contribution in [0.3, 0.4) is 0 Å². The van der Waals surface area contributed by atoms with Crippen molar-refractivity contribution in [3.63, 3.8) is 0 Å². The van der Waals surface area contributed by atoms with Gasteiger partial charge in [0.1, 0.15) is 11.7 Å². The SMILES string of the molecule is N#CC(C(=O)C1CCCC1)c1ccc(F)cc1. The van der Waals surface area contributed by atoms with Crippen molar-refractivity contribution in [1.82, 2.24) is 0 Å². The van der Waals surface area contributed by atoms with E-state index in [4.69, 9.17) is 5.26 Å². The van der Waals surface area contributed by atoms with Crippen LogP contribution in [0.2, 0.25) is 0 Å². The minimum Gasteiger partial charge on any atom is -0.298 e. The lowest BCUT2D eigenvalue weighted by Gasteiger charge is -2.13. The Bertz CT molecular complexity index is 440. The van der Waals surface area contributed by atoms with Gasteiger partial charge in [-0.15, -0.1) is 0 Å². The minimum absolute atomic E-state index is 0.00314. The number of nitriles is 1. The van der Waals surface area contributed by atoms with E-state index in [1.807, 2.05) is 6.07 Å². The zero-order chi connectivity index (χ0) is 12.3. The van der Waals surface area contributed by atoms with Crippen molar-refractivity contribution in [3.8, 4) is 6.07 Å². The molecule has 0 amide bonds. The van der Waals surface area contributed by atoms with Gasteiger partial charge >= 0.3 is 0 Å². The van der Waals surface area contributed by atoms with Crippen molar-refractivity contribution in [2.24, 2.45) is 5.92 Å². The van der Waals surface area contributed by atoms with Gasteiger partial charge in [-0.1, -0.05) is 25.0 Å². The maximum absolute atomic E-state index is 12.8. The van der Waals surface area contributed by atoms with Crippen LogP contribution in [0.15, 0.2) is 24.3 Å². The van der Waals surface area contributed by atoms with E-state index in [1.165, 1.54) is 24.3 Å². The van der Waals surface area contributed by atoms with Gasteiger partial charge in [0.25, 0.3) is 0 Å². The Labute approximate surface area is 100 Å². The number of carbonyl (C=O) groups is 1. The van der Waals surface area contributed by atoms with Gasteiger partial charge in [0, 0.05) is 5.92 Å². The number of rotatable bonds is 3. The first kappa shape index (κ1) is 11.8. The monoisotopic (exact) mass is 231 g/mol. The first-order valence-corrected chi connectivity index (χ1v) is 5.91. The van der Waals surface area contributed by atoms with Crippen LogP contribution in [-0.2, 0) is 4.79 Å². The minimum atomic E-state index is -0.737. The van der Waals surface area contributed by atoms with E-state index in [1.54, 1.807) is 0 Å². The topological polar surface area (TPSA) is 40.9 Å². The van der Waals surface area contributed by atoms with Crippen LogP contribution in [0.25, 0.3) is 0 Å². The third-order valence-electron chi connectivity index (χ3n) is 3.37. The Kier molecular flexibility index (Phi) is 3.53. The van der Waals surface area contributed by atoms with Gasteiger partial charge in [-0.2, -0.15) is 5.26 Å². The van der Waals surface area contributed by atoms with E-state index < -0.39 is 5.92 Å². The Morgan fingerprint density at radius 3 is 2.41 bits per heavy atom. The van der Waals surface area contributed by atoms with Gasteiger partial charge in [-0.3, -0.25) is 4.79 Å². The molecule has 0 bridgehead atoms. The Balaban J connectivity index is 2.18. The zero-order valence-corrected chi connectivity index (χ0v) is 9.53. The molecule has 1 atom stereocenters. The third kappa shape index (κ3) is 2.52. The van der Waals surface area contributed by atoms with Crippen molar-refractivity contribution in [2.45, 2.75) is 31.6 Å². The van der Waals surface area contributed by atoms with Crippen molar-refractivity contribution in [3.05, 3.63) is 35.6 Å². The lowest BCUT2D eigenvalue weighted by atomic mass is 9.87. The number of hydrogen-bond donors (Lipinski definition) is 0. The number of nitrogens with zero attached hydrogens (tertiary/aromatic N) is 1. The van der Waals surface area contributed by atoms with Crippen LogP contribution < -0.4 is 0 Å². The van der Waals surface area contributed by atoms with Gasteiger partial charge < -0.3 is 0 Å². The quantitative estimate of drug-likeness (QED) is 0.801. The summed E-state index contributed by atoms with van der Waals surface area (Å²) >= 11 is 0.